The maximum atomic E-state index is 6.17. The molecule has 2 aromatic rings. The Morgan fingerprint density at radius 3 is 2.13 bits per heavy atom. The van der Waals surface area contributed by atoms with E-state index < -0.39 is 18.4 Å². The first-order valence-corrected chi connectivity index (χ1v) is 21.4. The molecule has 0 amide bonds. The molecule has 0 spiro atoms. The SMILES string of the molecule is CCC[CH2][Sn]([CH2]CCC)([CH2]CCC)[c]1sc2c(C(C)C)n(C3CCCCO3)nc2c1C. The minimum absolute atomic E-state index is 0.141. The van der Waals surface area contributed by atoms with Crippen molar-refractivity contribution in [3.8, 4) is 0 Å². The summed E-state index contributed by atoms with van der Waals surface area (Å²) in [5.74, 6) is 0.480. The number of ether oxygens (including phenoxy) is 1. The Labute approximate surface area is 199 Å². The van der Waals surface area contributed by atoms with E-state index in [0.717, 1.165) is 13.0 Å². The van der Waals surface area contributed by atoms with Gasteiger partial charge in [-0.3, -0.25) is 0 Å². The van der Waals surface area contributed by atoms with Crippen molar-refractivity contribution in [1.82, 2.24) is 9.78 Å². The van der Waals surface area contributed by atoms with Gasteiger partial charge in [0.15, 0.2) is 0 Å². The molecule has 3 rings (SSSR count). The quantitative estimate of drug-likeness (QED) is 0.247. The normalized spacial score (nSPS) is 17.8. The van der Waals surface area contributed by atoms with Crippen LogP contribution >= 0.6 is 11.3 Å². The molecule has 3 heterocycles. The van der Waals surface area contributed by atoms with Crippen molar-refractivity contribution in [2.75, 3.05) is 6.61 Å². The molecule has 0 saturated carbocycles. The van der Waals surface area contributed by atoms with Crippen molar-refractivity contribution in [1.29, 1.82) is 0 Å². The number of hydrogen-bond donors (Lipinski definition) is 0. The van der Waals surface area contributed by atoms with Crippen LogP contribution in [0.2, 0.25) is 13.3 Å². The van der Waals surface area contributed by atoms with Crippen molar-refractivity contribution in [3.63, 3.8) is 0 Å². The van der Waals surface area contributed by atoms with Crippen molar-refractivity contribution in [3.05, 3.63) is 11.3 Å². The zero-order chi connectivity index (χ0) is 22.4. The van der Waals surface area contributed by atoms with Crippen LogP contribution in [0.5, 0.6) is 0 Å². The number of thiophene rings is 1. The van der Waals surface area contributed by atoms with Gasteiger partial charge in [0.05, 0.1) is 0 Å². The van der Waals surface area contributed by atoms with E-state index in [1.54, 1.807) is 5.56 Å². The second-order valence-electron chi connectivity index (χ2n) is 10.1. The van der Waals surface area contributed by atoms with Gasteiger partial charge in [0.1, 0.15) is 0 Å². The van der Waals surface area contributed by atoms with Crippen molar-refractivity contribution >= 4 is 42.8 Å². The van der Waals surface area contributed by atoms with Crippen molar-refractivity contribution in [2.45, 2.75) is 125 Å². The third-order valence-electron chi connectivity index (χ3n) is 7.29. The summed E-state index contributed by atoms with van der Waals surface area (Å²) in [7, 11) is 0. The van der Waals surface area contributed by atoms with E-state index in [-0.39, 0.29) is 6.23 Å². The molecule has 1 atom stereocenters. The monoisotopic (exact) mass is 554 g/mol. The fourth-order valence-electron chi connectivity index (χ4n) is 5.49. The average molecular weight is 553 g/mol. The third-order valence-corrected chi connectivity index (χ3v) is 27.2. The van der Waals surface area contributed by atoms with Crippen LogP contribution in [0.1, 0.15) is 116 Å². The summed E-state index contributed by atoms with van der Waals surface area (Å²) in [6.45, 7) is 15.1. The Morgan fingerprint density at radius 1 is 1.03 bits per heavy atom. The summed E-state index contributed by atoms with van der Waals surface area (Å²) in [5, 5.41) is 5.27. The fourth-order valence-corrected chi connectivity index (χ4v) is 27.2. The molecule has 5 heteroatoms. The van der Waals surface area contributed by atoms with Crippen LogP contribution in [0, 0.1) is 6.92 Å². The molecule has 1 fully saturated rings. The molecule has 1 unspecified atom stereocenters. The topological polar surface area (TPSA) is 27.1 Å². The second-order valence-corrected chi connectivity index (χ2v) is 25.2. The number of aryl methyl sites for hydroxylation is 1. The summed E-state index contributed by atoms with van der Waals surface area (Å²) in [4.78, 5) is 0. The van der Waals surface area contributed by atoms with Crippen LogP contribution in [-0.2, 0) is 4.74 Å². The van der Waals surface area contributed by atoms with E-state index in [1.807, 2.05) is 2.89 Å². The Bertz CT molecular complexity index is 797. The Hall–Kier alpha value is -0.0713. The zero-order valence-electron chi connectivity index (χ0n) is 21.1. The fraction of sp³-hybridized carbons (Fsp3) is 0.808. The summed E-state index contributed by atoms with van der Waals surface area (Å²) < 4.78 is 16.4. The zero-order valence-corrected chi connectivity index (χ0v) is 24.7. The van der Waals surface area contributed by atoms with Gasteiger partial charge in [-0.1, -0.05) is 0 Å². The predicted octanol–water partition coefficient (Wildman–Crippen LogP) is 8.28. The molecule has 2 aromatic heterocycles. The maximum absolute atomic E-state index is 6.17. The molecule has 1 aliphatic heterocycles. The molecule has 0 aliphatic carbocycles. The summed E-state index contributed by atoms with van der Waals surface area (Å²) >= 11 is -0.269. The first-order chi connectivity index (χ1) is 15.0. The van der Waals surface area contributed by atoms with E-state index in [0.29, 0.717) is 5.92 Å². The molecule has 1 saturated heterocycles. The summed E-state index contributed by atoms with van der Waals surface area (Å²) in [6, 6.07) is 0. The third kappa shape index (κ3) is 5.54. The Morgan fingerprint density at radius 2 is 1.65 bits per heavy atom. The van der Waals surface area contributed by atoms with Crippen LogP contribution < -0.4 is 2.89 Å². The van der Waals surface area contributed by atoms with Gasteiger partial charge in [-0.15, -0.1) is 0 Å². The number of aromatic nitrogens is 2. The van der Waals surface area contributed by atoms with Gasteiger partial charge < -0.3 is 0 Å². The van der Waals surface area contributed by atoms with Crippen LogP contribution in [0.4, 0.5) is 0 Å². The van der Waals surface area contributed by atoms with Gasteiger partial charge in [-0.25, -0.2) is 0 Å². The molecule has 176 valence electrons. The van der Waals surface area contributed by atoms with Gasteiger partial charge in [-0.05, 0) is 0 Å². The molecule has 0 bridgehead atoms. The summed E-state index contributed by atoms with van der Waals surface area (Å²) in [6.07, 6.45) is 12.0. The van der Waals surface area contributed by atoms with E-state index in [1.165, 1.54) is 80.6 Å². The summed E-state index contributed by atoms with van der Waals surface area (Å²) in [5.41, 5.74) is 4.29. The molecule has 0 radical (unpaired) electrons. The number of rotatable bonds is 12. The molecule has 1 aliphatic rings. The Balaban J connectivity index is 2.11. The van der Waals surface area contributed by atoms with Gasteiger partial charge >= 0.3 is 200 Å². The van der Waals surface area contributed by atoms with Gasteiger partial charge in [0, 0.05) is 0 Å². The standard InChI is InChI=1S/C14H19N2OS.3C4H9.Sn/c1-9(2)13-14-12(10(3)8-18-14)15-16(13)11-6-4-5-7-17-11;3*1-3-4-2;/h9,11H,4-7H2,1-3H3;3*1,3-4H2,2H3;. The molecule has 3 nitrogen and oxygen atoms in total. The van der Waals surface area contributed by atoms with E-state index in [4.69, 9.17) is 9.84 Å². The van der Waals surface area contributed by atoms with E-state index in [2.05, 4.69) is 57.6 Å². The number of nitrogens with zero attached hydrogens (tertiary/aromatic N) is 2. The number of fused-ring (bicyclic) bond motifs is 1. The first-order valence-electron chi connectivity index (χ1n) is 13.1. The molecule has 0 N–H and O–H groups in total. The minimum atomic E-state index is -2.44. The average Bonchev–Trinajstić information content (AvgIpc) is 3.31. The predicted molar refractivity (Wildman–Crippen MR) is 140 cm³/mol. The molecule has 0 aromatic carbocycles. The molecular formula is C26H46N2OSSn. The first kappa shape index (κ1) is 25.5. The molecular weight excluding hydrogens is 507 g/mol. The van der Waals surface area contributed by atoms with Crippen molar-refractivity contribution in [2.24, 2.45) is 0 Å². The van der Waals surface area contributed by atoms with Gasteiger partial charge in [0.2, 0.25) is 0 Å². The van der Waals surface area contributed by atoms with Gasteiger partial charge in [0.25, 0.3) is 0 Å². The van der Waals surface area contributed by atoms with Gasteiger partial charge in [-0.2, -0.15) is 0 Å². The van der Waals surface area contributed by atoms with Crippen LogP contribution in [-0.4, -0.2) is 34.8 Å². The number of hydrogen-bond acceptors (Lipinski definition) is 3. The Kier molecular flexibility index (Phi) is 9.79. The number of unbranched alkanes of at least 4 members (excludes halogenated alkanes) is 3. The van der Waals surface area contributed by atoms with Crippen LogP contribution in [0.25, 0.3) is 10.2 Å². The van der Waals surface area contributed by atoms with Crippen molar-refractivity contribution < 1.29 is 4.74 Å². The molecule has 31 heavy (non-hydrogen) atoms. The van der Waals surface area contributed by atoms with Crippen LogP contribution in [0.15, 0.2) is 0 Å². The van der Waals surface area contributed by atoms with E-state index in [9.17, 15) is 0 Å². The van der Waals surface area contributed by atoms with E-state index >= 15 is 0 Å². The second kappa shape index (κ2) is 11.9. The van der Waals surface area contributed by atoms with Crippen LogP contribution in [0.3, 0.4) is 0 Å².